The molecule has 1 unspecified atom stereocenters. The number of sulfone groups is 1. The number of aromatic nitrogens is 2. The van der Waals surface area contributed by atoms with Crippen LogP contribution in [-0.4, -0.2) is 42.5 Å². The number of nitrogens with one attached hydrogen (secondary N) is 1. The number of hydrogen-bond acceptors (Lipinski definition) is 4. The molecule has 28 heavy (non-hydrogen) atoms. The van der Waals surface area contributed by atoms with E-state index in [9.17, 15) is 22.0 Å². The number of amides is 1. The van der Waals surface area contributed by atoms with E-state index in [4.69, 9.17) is 0 Å². The van der Waals surface area contributed by atoms with Crippen LogP contribution in [0.1, 0.15) is 41.1 Å². The predicted molar refractivity (Wildman–Crippen MR) is 101 cm³/mol. The maximum atomic E-state index is 12.8. The third-order valence-corrected chi connectivity index (χ3v) is 5.77. The number of rotatable bonds is 5. The van der Waals surface area contributed by atoms with E-state index in [0.29, 0.717) is 16.6 Å². The highest BCUT2D eigenvalue weighted by atomic mass is 32.2. The quantitative estimate of drug-likeness (QED) is 0.698. The molecule has 0 radical (unpaired) electrons. The van der Waals surface area contributed by atoms with Crippen molar-refractivity contribution in [3.8, 4) is 0 Å². The fraction of sp³-hybridized carbons (Fsp3) is 0.263. The van der Waals surface area contributed by atoms with Crippen LogP contribution < -0.4 is 0 Å². The summed E-state index contributed by atoms with van der Waals surface area (Å²) in [7, 11) is -1.67. The van der Waals surface area contributed by atoms with E-state index in [-0.39, 0.29) is 16.8 Å². The molecule has 0 aliphatic rings. The zero-order valence-electron chi connectivity index (χ0n) is 15.5. The Balaban J connectivity index is 1.84. The van der Waals surface area contributed by atoms with Crippen LogP contribution in [0.25, 0.3) is 11.0 Å². The Morgan fingerprint density at radius 1 is 1.14 bits per heavy atom. The highest BCUT2D eigenvalue weighted by Crippen LogP contribution is 2.25. The molecule has 0 fully saturated rings. The first kappa shape index (κ1) is 19.9. The SMILES string of the molecule is CC(c1ccc(S(C)(=O)=O)cc1)N(C)C(=O)c1ccc2nc(C(F)F)[nH]c2c1. The Morgan fingerprint density at radius 3 is 2.36 bits per heavy atom. The first-order valence-corrected chi connectivity index (χ1v) is 10.3. The number of fused-ring (bicyclic) bond motifs is 1. The van der Waals surface area contributed by atoms with Crippen LogP contribution in [0.4, 0.5) is 8.78 Å². The Bertz CT molecular complexity index is 1130. The number of aromatic amines is 1. The monoisotopic (exact) mass is 407 g/mol. The number of carbonyl (C=O) groups excluding carboxylic acids is 1. The van der Waals surface area contributed by atoms with Crippen molar-refractivity contribution in [3.63, 3.8) is 0 Å². The van der Waals surface area contributed by atoms with E-state index >= 15 is 0 Å². The van der Waals surface area contributed by atoms with Crippen molar-refractivity contribution in [2.24, 2.45) is 0 Å². The Morgan fingerprint density at radius 2 is 1.79 bits per heavy atom. The molecular formula is C19H19F2N3O3S. The molecule has 0 aliphatic heterocycles. The van der Waals surface area contributed by atoms with Crippen LogP contribution in [-0.2, 0) is 9.84 Å². The van der Waals surface area contributed by atoms with Crippen molar-refractivity contribution in [2.45, 2.75) is 24.3 Å². The summed E-state index contributed by atoms with van der Waals surface area (Å²) in [5.41, 5.74) is 1.82. The van der Waals surface area contributed by atoms with Gasteiger partial charge in [-0.05, 0) is 42.8 Å². The van der Waals surface area contributed by atoms with Crippen molar-refractivity contribution < 1.29 is 22.0 Å². The third kappa shape index (κ3) is 3.89. The minimum absolute atomic E-state index is 0.206. The summed E-state index contributed by atoms with van der Waals surface area (Å²) in [4.78, 5) is 20.8. The van der Waals surface area contributed by atoms with E-state index in [1.807, 2.05) is 6.92 Å². The number of nitrogens with zero attached hydrogens (tertiary/aromatic N) is 2. The molecule has 1 aromatic heterocycles. The summed E-state index contributed by atoms with van der Waals surface area (Å²) in [6.45, 7) is 1.82. The van der Waals surface area contributed by atoms with Crippen molar-refractivity contribution in [3.05, 3.63) is 59.4 Å². The van der Waals surface area contributed by atoms with Gasteiger partial charge in [-0.2, -0.15) is 0 Å². The van der Waals surface area contributed by atoms with Crippen LogP contribution >= 0.6 is 0 Å². The van der Waals surface area contributed by atoms with Crippen molar-refractivity contribution in [1.29, 1.82) is 0 Å². The summed E-state index contributed by atoms with van der Waals surface area (Å²) < 4.78 is 48.7. The predicted octanol–water partition coefficient (Wildman–Crippen LogP) is 3.74. The van der Waals surface area contributed by atoms with E-state index < -0.39 is 22.1 Å². The molecule has 0 aliphatic carbocycles. The number of H-pyrrole nitrogens is 1. The zero-order chi connectivity index (χ0) is 20.6. The summed E-state index contributed by atoms with van der Waals surface area (Å²) in [6, 6.07) is 10.6. The van der Waals surface area contributed by atoms with Gasteiger partial charge in [-0.1, -0.05) is 12.1 Å². The van der Waals surface area contributed by atoms with Crippen molar-refractivity contribution in [2.75, 3.05) is 13.3 Å². The highest BCUT2D eigenvalue weighted by Gasteiger charge is 2.21. The molecule has 0 bridgehead atoms. The Hall–Kier alpha value is -2.81. The van der Waals surface area contributed by atoms with Gasteiger partial charge in [0.1, 0.15) is 0 Å². The Kier molecular flexibility index (Phi) is 5.20. The standard InChI is InChI=1S/C19H19F2N3O3S/c1-11(12-4-7-14(8-5-12)28(3,26)27)24(2)19(25)13-6-9-15-16(10-13)23-18(22-15)17(20)21/h4-11,17H,1-3H3,(H,22,23). The van der Waals surface area contributed by atoms with Gasteiger partial charge in [0.2, 0.25) is 0 Å². The molecule has 1 atom stereocenters. The lowest BCUT2D eigenvalue weighted by Gasteiger charge is -2.25. The average Bonchev–Trinajstić information content (AvgIpc) is 3.09. The van der Waals surface area contributed by atoms with Crippen molar-refractivity contribution in [1.82, 2.24) is 14.9 Å². The van der Waals surface area contributed by atoms with Crippen LogP contribution in [0, 0.1) is 0 Å². The Labute approximate surface area is 161 Å². The molecule has 2 aromatic carbocycles. The van der Waals surface area contributed by atoms with E-state index in [0.717, 1.165) is 11.8 Å². The summed E-state index contributed by atoms with van der Waals surface area (Å²) in [6.07, 6.45) is -1.59. The van der Waals surface area contributed by atoms with Crippen LogP contribution in [0.15, 0.2) is 47.4 Å². The molecule has 0 saturated heterocycles. The highest BCUT2D eigenvalue weighted by molar-refractivity contribution is 7.90. The number of carbonyl (C=O) groups is 1. The van der Waals surface area contributed by atoms with E-state index in [1.165, 1.54) is 35.2 Å². The van der Waals surface area contributed by atoms with Crippen molar-refractivity contribution >= 4 is 26.8 Å². The van der Waals surface area contributed by atoms with E-state index in [2.05, 4.69) is 9.97 Å². The molecule has 9 heteroatoms. The molecule has 3 rings (SSSR count). The van der Waals surface area contributed by atoms with Gasteiger partial charge in [0, 0.05) is 18.9 Å². The van der Waals surface area contributed by atoms with Gasteiger partial charge >= 0.3 is 0 Å². The molecule has 148 valence electrons. The smallest absolute Gasteiger partial charge is 0.295 e. The van der Waals surface area contributed by atoms with Crippen LogP contribution in [0.2, 0.25) is 0 Å². The van der Waals surface area contributed by atoms with E-state index in [1.54, 1.807) is 19.2 Å². The maximum absolute atomic E-state index is 12.8. The topological polar surface area (TPSA) is 83.1 Å². The number of benzene rings is 2. The number of halogens is 2. The second-order valence-corrected chi connectivity index (χ2v) is 8.60. The largest absolute Gasteiger partial charge is 0.337 e. The molecular weight excluding hydrogens is 388 g/mol. The zero-order valence-corrected chi connectivity index (χ0v) is 16.3. The third-order valence-electron chi connectivity index (χ3n) is 4.65. The second-order valence-electron chi connectivity index (χ2n) is 6.59. The van der Waals surface area contributed by atoms with Crippen LogP contribution in [0.5, 0.6) is 0 Å². The normalized spacial score (nSPS) is 13.1. The molecule has 1 N–H and O–H groups in total. The maximum Gasteiger partial charge on any atom is 0.295 e. The summed E-state index contributed by atoms with van der Waals surface area (Å²) in [5, 5.41) is 0. The first-order chi connectivity index (χ1) is 13.1. The second kappa shape index (κ2) is 7.31. The lowest BCUT2D eigenvalue weighted by atomic mass is 10.1. The number of alkyl halides is 2. The fourth-order valence-electron chi connectivity index (χ4n) is 2.86. The van der Waals surface area contributed by atoms with Gasteiger partial charge in [0.05, 0.1) is 22.0 Å². The number of imidazole rings is 1. The van der Waals surface area contributed by atoms with Gasteiger partial charge in [-0.3, -0.25) is 4.79 Å². The van der Waals surface area contributed by atoms with Gasteiger partial charge in [0.25, 0.3) is 12.3 Å². The molecule has 1 amide bonds. The number of hydrogen-bond donors (Lipinski definition) is 1. The summed E-state index contributed by atoms with van der Waals surface area (Å²) in [5.74, 6) is -0.734. The molecule has 6 nitrogen and oxygen atoms in total. The molecule has 0 saturated carbocycles. The lowest BCUT2D eigenvalue weighted by Crippen LogP contribution is -2.29. The van der Waals surface area contributed by atoms with Crippen LogP contribution in [0.3, 0.4) is 0 Å². The minimum atomic E-state index is -3.29. The molecule has 3 aromatic rings. The first-order valence-electron chi connectivity index (χ1n) is 8.43. The molecule has 0 spiro atoms. The van der Waals surface area contributed by atoms with Gasteiger partial charge in [-0.15, -0.1) is 0 Å². The lowest BCUT2D eigenvalue weighted by molar-refractivity contribution is 0.0742. The van der Waals surface area contributed by atoms with Gasteiger partial charge in [0.15, 0.2) is 15.7 Å². The fourth-order valence-corrected chi connectivity index (χ4v) is 3.49. The van der Waals surface area contributed by atoms with Gasteiger partial charge in [-0.25, -0.2) is 22.2 Å². The molecule has 1 heterocycles. The van der Waals surface area contributed by atoms with Gasteiger partial charge < -0.3 is 9.88 Å². The minimum Gasteiger partial charge on any atom is -0.337 e. The average molecular weight is 407 g/mol. The summed E-state index contributed by atoms with van der Waals surface area (Å²) >= 11 is 0.